The van der Waals surface area contributed by atoms with E-state index < -0.39 is 11.9 Å². The van der Waals surface area contributed by atoms with Gasteiger partial charge in [-0.3, -0.25) is 4.79 Å². The number of nitrogens with one attached hydrogen (secondary N) is 1. The highest BCUT2D eigenvalue weighted by Gasteiger charge is 2.15. The van der Waals surface area contributed by atoms with Gasteiger partial charge in [-0.1, -0.05) is 12.1 Å². The SMILES string of the molecule is O=C(O)c1ccn(-c2ccccc2NC(=O)c2ccc(Cl)o2)n1. The molecule has 0 spiro atoms. The van der Waals surface area contributed by atoms with Crippen molar-refractivity contribution in [2.24, 2.45) is 0 Å². The number of carbonyl (C=O) groups excluding carboxylic acids is 1. The standard InChI is InChI=1S/C15H10ClN3O4/c16-13-6-5-12(23-13)14(20)17-9-3-1-2-4-11(9)19-8-7-10(18-19)15(21)22/h1-8H,(H,17,20)(H,21,22). The summed E-state index contributed by atoms with van der Waals surface area (Å²) in [5.74, 6) is -1.54. The first-order valence-electron chi connectivity index (χ1n) is 6.49. The summed E-state index contributed by atoms with van der Waals surface area (Å²) >= 11 is 5.65. The molecule has 0 atom stereocenters. The molecule has 1 amide bonds. The molecule has 0 saturated carbocycles. The summed E-state index contributed by atoms with van der Waals surface area (Å²) in [7, 11) is 0. The van der Waals surface area contributed by atoms with Crippen molar-refractivity contribution < 1.29 is 19.1 Å². The maximum atomic E-state index is 12.1. The van der Waals surface area contributed by atoms with Gasteiger partial charge in [0, 0.05) is 6.20 Å². The van der Waals surface area contributed by atoms with Crippen molar-refractivity contribution in [1.29, 1.82) is 0 Å². The zero-order valence-electron chi connectivity index (χ0n) is 11.6. The van der Waals surface area contributed by atoms with Gasteiger partial charge in [0.25, 0.3) is 5.91 Å². The summed E-state index contributed by atoms with van der Waals surface area (Å²) in [6.07, 6.45) is 1.50. The number of carboxylic acids is 1. The second-order valence-corrected chi connectivity index (χ2v) is 4.90. The summed E-state index contributed by atoms with van der Waals surface area (Å²) < 4.78 is 6.42. The average Bonchev–Trinajstić information content (AvgIpc) is 3.17. The minimum absolute atomic E-state index is 0.0662. The Morgan fingerprint density at radius 3 is 2.61 bits per heavy atom. The van der Waals surface area contributed by atoms with Gasteiger partial charge in [-0.25, -0.2) is 9.48 Å². The monoisotopic (exact) mass is 331 g/mol. The van der Waals surface area contributed by atoms with E-state index in [1.54, 1.807) is 24.3 Å². The number of amides is 1. The molecular formula is C15H10ClN3O4. The molecule has 3 aromatic rings. The van der Waals surface area contributed by atoms with Gasteiger partial charge in [-0.05, 0) is 41.9 Å². The zero-order valence-corrected chi connectivity index (χ0v) is 12.3. The van der Waals surface area contributed by atoms with E-state index in [4.69, 9.17) is 21.1 Å². The fourth-order valence-corrected chi connectivity index (χ4v) is 2.12. The number of hydrogen-bond acceptors (Lipinski definition) is 4. The van der Waals surface area contributed by atoms with Crippen molar-refractivity contribution in [3.05, 3.63) is 65.3 Å². The van der Waals surface area contributed by atoms with Gasteiger partial charge in [-0.2, -0.15) is 5.10 Å². The first-order chi connectivity index (χ1) is 11.0. The van der Waals surface area contributed by atoms with Crippen LogP contribution in [0.5, 0.6) is 0 Å². The number of halogens is 1. The number of aromatic nitrogens is 2. The van der Waals surface area contributed by atoms with E-state index >= 15 is 0 Å². The van der Waals surface area contributed by atoms with Crippen molar-refractivity contribution >= 4 is 29.2 Å². The number of benzene rings is 1. The number of carboxylic acid groups (broad SMARTS) is 1. The second-order valence-electron chi connectivity index (χ2n) is 4.53. The zero-order chi connectivity index (χ0) is 16.4. The van der Waals surface area contributed by atoms with Crippen LogP contribution in [-0.4, -0.2) is 26.8 Å². The van der Waals surface area contributed by atoms with Gasteiger partial charge in [0.1, 0.15) is 0 Å². The number of furan rings is 1. The molecule has 0 bridgehead atoms. The Bertz CT molecular complexity index is 884. The molecule has 0 aliphatic carbocycles. The molecular weight excluding hydrogens is 322 g/mol. The number of hydrogen-bond donors (Lipinski definition) is 2. The lowest BCUT2D eigenvalue weighted by Crippen LogP contribution is -2.13. The minimum Gasteiger partial charge on any atom is -0.476 e. The Morgan fingerprint density at radius 1 is 1.17 bits per heavy atom. The number of rotatable bonds is 4. The van der Waals surface area contributed by atoms with Crippen LogP contribution in [0.15, 0.2) is 53.1 Å². The van der Waals surface area contributed by atoms with Crippen LogP contribution in [0, 0.1) is 0 Å². The number of nitrogens with zero attached hydrogens (tertiary/aromatic N) is 2. The minimum atomic E-state index is -1.13. The molecule has 0 aliphatic rings. The van der Waals surface area contributed by atoms with Gasteiger partial charge < -0.3 is 14.8 Å². The third-order valence-electron chi connectivity index (χ3n) is 3.00. The van der Waals surface area contributed by atoms with E-state index in [9.17, 15) is 9.59 Å². The Balaban J connectivity index is 1.91. The number of aromatic carboxylic acids is 1. The first-order valence-corrected chi connectivity index (χ1v) is 6.87. The molecule has 2 heterocycles. The lowest BCUT2D eigenvalue weighted by atomic mass is 10.2. The molecule has 2 aromatic heterocycles. The van der Waals surface area contributed by atoms with Crippen LogP contribution in [0.2, 0.25) is 5.22 Å². The third kappa shape index (κ3) is 3.09. The molecule has 1 aromatic carbocycles. The van der Waals surface area contributed by atoms with Gasteiger partial charge in [0.2, 0.25) is 0 Å². The molecule has 116 valence electrons. The summed E-state index contributed by atoms with van der Waals surface area (Å²) in [4.78, 5) is 23.1. The summed E-state index contributed by atoms with van der Waals surface area (Å²) in [6, 6.07) is 11.1. The highest BCUT2D eigenvalue weighted by molar-refractivity contribution is 6.29. The average molecular weight is 332 g/mol. The molecule has 7 nitrogen and oxygen atoms in total. The third-order valence-corrected chi connectivity index (χ3v) is 3.21. The summed E-state index contributed by atoms with van der Waals surface area (Å²) in [5.41, 5.74) is 0.875. The van der Waals surface area contributed by atoms with E-state index in [1.807, 2.05) is 0 Å². The maximum absolute atomic E-state index is 12.1. The van der Waals surface area contributed by atoms with Crippen LogP contribution in [-0.2, 0) is 0 Å². The van der Waals surface area contributed by atoms with Crippen LogP contribution in [0.4, 0.5) is 5.69 Å². The van der Waals surface area contributed by atoms with Crippen molar-refractivity contribution in [2.75, 3.05) is 5.32 Å². The van der Waals surface area contributed by atoms with Gasteiger partial charge in [0.05, 0.1) is 11.4 Å². The second kappa shape index (κ2) is 5.98. The first kappa shape index (κ1) is 14.9. The Morgan fingerprint density at radius 2 is 1.96 bits per heavy atom. The Kier molecular flexibility index (Phi) is 3.86. The van der Waals surface area contributed by atoms with Crippen molar-refractivity contribution in [2.45, 2.75) is 0 Å². The summed E-state index contributed by atoms with van der Waals surface area (Å²) in [5, 5.41) is 15.7. The Hall–Kier alpha value is -3.06. The van der Waals surface area contributed by atoms with Gasteiger partial charge >= 0.3 is 5.97 Å². The lowest BCUT2D eigenvalue weighted by molar-refractivity contribution is 0.0689. The van der Waals surface area contributed by atoms with Crippen LogP contribution in [0.3, 0.4) is 0 Å². The fraction of sp³-hybridized carbons (Fsp3) is 0. The maximum Gasteiger partial charge on any atom is 0.356 e. The molecule has 0 fully saturated rings. The molecule has 0 saturated heterocycles. The number of para-hydroxylation sites is 2. The fourth-order valence-electron chi connectivity index (χ4n) is 1.97. The number of carbonyl (C=O) groups is 2. The van der Waals surface area contributed by atoms with E-state index in [0.717, 1.165) is 0 Å². The predicted molar refractivity (Wildman–Crippen MR) is 82.2 cm³/mol. The van der Waals surface area contributed by atoms with Crippen molar-refractivity contribution in [3.63, 3.8) is 0 Å². The number of anilines is 1. The van der Waals surface area contributed by atoms with Gasteiger partial charge in [-0.15, -0.1) is 0 Å². The molecule has 0 unspecified atom stereocenters. The van der Waals surface area contributed by atoms with Crippen LogP contribution < -0.4 is 5.32 Å². The van der Waals surface area contributed by atoms with E-state index in [1.165, 1.54) is 29.1 Å². The van der Waals surface area contributed by atoms with Crippen molar-refractivity contribution in [1.82, 2.24) is 9.78 Å². The summed E-state index contributed by atoms with van der Waals surface area (Å²) in [6.45, 7) is 0. The highest BCUT2D eigenvalue weighted by Crippen LogP contribution is 2.21. The topological polar surface area (TPSA) is 97.4 Å². The lowest BCUT2D eigenvalue weighted by Gasteiger charge is -2.10. The van der Waals surface area contributed by atoms with Gasteiger partial charge in [0.15, 0.2) is 16.7 Å². The van der Waals surface area contributed by atoms with Crippen LogP contribution >= 0.6 is 11.6 Å². The molecule has 3 rings (SSSR count). The largest absolute Gasteiger partial charge is 0.476 e. The highest BCUT2D eigenvalue weighted by atomic mass is 35.5. The smallest absolute Gasteiger partial charge is 0.356 e. The van der Waals surface area contributed by atoms with Crippen LogP contribution in [0.25, 0.3) is 5.69 Å². The Labute approximate surface area is 135 Å². The molecule has 8 heteroatoms. The molecule has 0 aliphatic heterocycles. The quantitative estimate of drug-likeness (QED) is 0.765. The van der Waals surface area contributed by atoms with E-state index in [2.05, 4.69) is 10.4 Å². The predicted octanol–water partition coefficient (Wildman–Crippen LogP) is 3.07. The van der Waals surface area contributed by atoms with Crippen LogP contribution in [0.1, 0.15) is 21.0 Å². The molecule has 0 radical (unpaired) electrons. The van der Waals surface area contributed by atoms with E-state index in [0.29, 0.717) is 11.4 Å². The van der Waals surface area contributed by atoms with Crippen molar-refractivity contribution in [3.8, 4) is 5.69 Å². The van der Waals surface area contributed by atoms with E-state index in [-0.39, 0.29) is 16.7 Å². The normalized spacial score (nSPS) is 10.5. The molecule has 2 N–H and O–H groups in total. The molecule has 23 heavy (non-hydrogen) atoms.